The molecule has 0 aromatic heterocycles. The monoisotopic (exact) mass is 690 g/mol. The fraction of sp³-hybridized carbons (Fsp3) is 0.821. The number of amides is 2. The zero-order valence-electron chi connectivity index (χ0n) is 31.2. The number of carbonyl (C=O) groups excluding carboxylic acids is 3. The van der Waals surface area contributed by atoms with E-state index in [4.69, 9.17) is 14.2 Å². The Balaban J connectivity index is 1.38. The van der Waals surface area contributed by atoms with Gasteiger partial charge in [-0.25, -0.2) is 0 Å². The predicted molar refractivity (Wildman–Crippen MR) is 190 cm³/mol. The highest BCUT2D eigenvalue weighted by molar-refractivity contribution is 5.90. The molecule has 3 fully saturated rings. The number of ether oxygens (including phenoxy) is 3. The summed E-state index contributed by atoms with van der Waals surface area (Å²) in [4.78, 5) is 37.8. The van der Waals surface area contributed by atoms with Gasteiger partial charge in [-0.2, -0.15) is 0 Å². The summed E-state index contributed by atoms with van der Waals surface area (Å²) in [7, 11) is 0. The molecule has 3 saturated heterocycles. The summed E-state index contributed by atoms with van der Waals surface area (Å²) in [6.45, 7) is 14.0. The third kappa shape index (κ3) is 13.2. The molecule has 0 aromatic carbocycles. The number of nitrogens with one attached hydrogen (secondary N) is 2. The summed E-state index contributed by atoms with van der Waals surface area (Å²) >= 11 is 0. The number of hydrogen-bond acceptors (Lipinski definition) is 8. The van der Waals surface area contributed by atoms with Gasteiger partial charge >= 0.3 is 0 Å². The summed E-state index contributed by atoms with van der Waals surface area (Å²) in [5.41, 5.74) is 1.01. The first kappa shape index (κ1) is 41.3. The standard InChI is InChI=1S/C39H66N2O8/c1-8-11-31(43)23-33-17-15-27(4)36(47-33)38(46)41-24-34(44)29(6)37(45)40-21-10-13-35-26(3)18-20-39(49-35)19-9-12-32(48-39)16-14-25(2)22-28(5)30(7)42/h8,11,22,25-27,29-30,32-36,42,44H,9-10,12-21,23-24H2,1-7H3,(H,40,45)(H,41,46)/b11-8+,28-22+. The molecule has 0 aromatic rings. The van der Waals surface area contributed by atoms with Crippen LogP contribution in [-0.4, -0.2) is 83.3 Å². The Hall–Kier alpha value is -2.11. The third-order valence-corrected chi connectivity index (χ3v) is 10.9. The van der Waals surface area contributed by atoms with Crippen molar-refractivity contribution in [3.63, 3.8) is 0 Å². The van der Waals surface area contributed by atoms with Gasteiger partial charge in [0.05, 0.1) is 36.4 Å². The Labute approximate surface area is 295 Å². The van der Waals surface area contributed by atoms with Crippen LogP contribution in [-0.2, 0) is 28.6 Å². The quantitative estimate of drug-likeness (QED) is 0.0886. The third-order valence-electron chi connectivity index (χ3n) is 10.9. The van der Waals surface area contributed by atoms with Crippen molar-refractivity contribution in [3.8, 4) is 0 Å². The van der Waals surface area contributed by atoms with E-state index in [1.54, 1.807) is 26.8 Å². The van der Waals surface area contributed by atoms with E-state index in [0.29, 0.717) is 18.4 Å². The normalized spacial score (nSPS) is 32.0. The Morgan fingerprint density at radius 3 is 2.41 bits per heavy atom. The minimum Gasteiger partial charge on any atom is -0.390 e. The largest absolute Gasteiger partial charge is 0.390 e. The van der Waals surface area contributed by atoms with Crippen LogP contribution in [0, 0.1) is 23.7 Å². The van der Waals surface area contributed by atoms with Crippen molar-refractivity contribution >= 4 is 17.6 Å². The molecule has 3 heterocycles. The van der Waals surface area contributed by atoms with Crippen LogP contribution < -0.4 is 10.6 Å². The Morgan fingerprint density at radius 2 is 1.69 bits per heavy atom. The maximum absolute atomic E-state index is 12.9. The van der Waals surface area contributed by atoms with Crippen LogP contribution in [0.2, 0.25) is 0 Å². The highest BCUT2D eigenvalue weighted by Gasteiger charge is 2.44. The number of ketones is 1. The second-order valence-corrected chi connectivity index (χ2v) is 15.3. The van der Waals surface area contributed by atoms with Crippen molar-refractivity contribution < 1.29 is 38.8 Å². The molecule has 3 aliphatic rings. The van der Waals surface area contributed by atoms with Gasteiger partial charge in [0, 0.05) is 32.4 Å². The second kappa shape index (κ2) is 20.1. The van der Waals surface area contributed by atoms with Crippen LogP contribution in [0.4, 0.5) is 0 Å². The summed E-state index contributed by atoms with van der Waals surface area (Å²) < 4.78 is 19.3. The predicted octanol–water partition coefficient (Wildman–Crippen LogP) is 5.54. The van der Waals surface area contributed by atoms with E-state index < -0.39 is 30.0 Å². The number of carbonyl (C=O) groups is 3. The summed E-state index contributed by atoms with van der Waals surface area (Å²) in [6, 6.07) is 0. The van der Waals surface area contributed by atoms with Gasteiger partial charge in [0.1, 0.15) is 6.10 Å². The molecule has 10 heteroatoms. The number of hydrogen-bond donors (Lipinski definition) is 4. The first-order valence-corrected chi connectivity index (χ1v) is 19.0. The highest BCUT2D eigenvalue weighted by Crippen LogP contribution is 2.43. The molecule has 10 nitrogen and oxygen atoms in total. The molecule has 0 saturated carbocycles. The lowest BCUT2D eigenvalue weighted by molar-refractivity contribution is -0.324. The average Bonchev–Trinajstić information content (AvgIpc) is 3.06. The molecule has 0 bridgehead atoms. The number of aliphatic hydroxyl groups is 2. The fourth-order valence-electron chi connectivity index (χ4n) is 7.33. The van der Waals surface area contributed by atoms with Crippen molar-refractivity contribution in [3.05, 3.63) is 23.8 Å². The van der Waals surface area contributed by atoms with E-state index in [1.165, 1.54) is 6.08 Å². The molecule has 280 valence electrons. The summed E-state index contributed by atoms with van der Waals surface area (Å²) in [5, 5.41) is 26.2. The SMILES string of the molecule is C/C=C/C(=O)CC1CCC(C)C(C(=O)NCC(O)C(C)C(=O)NCCCC2OC3(CCCC(CCC(C)/C=C(\C)C(C)O)O3)CCC2C)O1. The van der Waals surface area contributed by atoms with Crippen LogP contribution >= 0.6 is 0 Å². The number of rotatable bonds is 17. The van der Waals surface area contributed by atoms with Gasteiger partial charge in [0.15, 0.2) is 11.6 Å². The van der Waals surface area contributed by atoms with Gasteiger partial charge in [0.25, 0.3) is 0 Å². The van der Waals surface area contributed by atoms with Crippen molar-refractivity contribution in [1.82, 2.24) is 10.6 Å². The molecule has 4 N–H and O–H groups in total. The van der Waals surface area contributed by atoms with E-state index in [-0.39, 0.29) is 54.8 Å². The van der Waals surface area contributed by atoms with E-state index >= 15 is 0 Å². The molecule has 1 spiro atoms. The van der Waals surface area contributed by atoms with Crippen molar-refractivity contribution in [2.45, 2.75) is 168 Å². The lowest BCUT2D eigenvalue weighted by Gasteiger charge is -2.48. The van der Waals surface area contributed by atoms with Crippen molar-refractivity contribution in [2.75, 3.05) is 13.1 Å². The maximum atomic E-state index is 12.9. The minimum absolute atomic E-state index is 0.00875. The zero-order chi connectivity index (χ0) is 36.1. The van der Waals surface area contributed by atoms with Crippen molar-refractivity contribution in [1.29, 1.82) is 0 Å². The second-order valence-electron chi connectivity index (χ2n) is 15.3. The smallest absolute Gasteiger partial charge is 0.249 e. The lowest BCUT2D eigenvalue weighted by atomic mass is 9.85. The van der Waals surface area contributed by atoms with Crippen LogP contribution in [0.3, 0.4) is 0 Å². The lowest BCUT2D eigenvalue weighted by Crippen LogP contribution is -2.50. The molecule has 3 aliphatic heterocycles. The fourth-order valence-corrected chi connectivity index (χ4v) is 7.33. The van der Waals surface area contributed by atoms with Gasteiger partial charge in [-0.1, -0.05) is 39.8 Å². The molecule has 2 amide bonds. The Morgan fingerprint density at radius 1 is 0.939 bits per heavy atom. The van der Waals surface area contributed by atoms with Crippen LogP contribution in [0.15, 0.2) is 23.8 Å². The van der Waals surface area contributed by atoms with Gasteiger partial charge in [-0.3, -0.25) is 14.4 Å². The first-order valence-electron chi connectivity index (χ1n) is 19.0. The highest BCUT2D eigenvalue weighted by atomic mass is 16.7. The van der Waals surface area contributed by atoms with E-state index in [9.17, 15) is 24.6 Å². The van der Waals surface area contributed by atoms with Crippen LogP contribution in [0.25, 0.3) is 0 Å². The molecule has 11 atom stereocenters. The van der Waals surface area contributed by atoms with Crippen LogP contribution in [0.5, 0.6) is 0 Å². The van der Waals surface area contributed by atoms with Gasteiger partial charge in [-0.15, -0.1) is 0 Å². The molecular weight excluding hydrogens is 624 g/mol. The minimum atomic E-state index is -1.05. The Kier molecular flexibility index (Phi) is 16.9. The summed E-state index contributed by atoms with van der Waals surface area (Å²) in [5.74, 6) is -1.06. The molecule has 11 unspecified atom stereocenters. The molecule has 0 aliphatic carbocycles. The van der Waals surface area contributed by atoms with E-state index in [1.807, 2.05) is 13.8 Å². The van der Waals surface area contributed by atoms with Crippen molar-refractivity contribution in [2.24, 2.45) is 23.7 Å². The Bertz CT molecular complexity index is 1120. The number of allylic oxidation sites excluding steroid dienone is 3. The summed E-state index contributed by atoms with van der Waals surface area (Å²) in [6.07, 6.45) is 13.4. The molecule has 3 rings (SSSR count). The zero-order valence-corrected chi connectivity index (χ0v) is 31.2. The van der Waals surface area contributed by atoms with Gasteiger partial charge in [-0.05, 0) is 108 Å². The van der Waals surface area contributed by atoms with E-state index in [2.05, 4.69) is 30.6 Å². The van der Waals surface area contributed by atoms with Gasteiger partial charge < -0.3 is 35.1 Å². The maximum Gasteiger partial charge on any atom is 0.249 e. The molecular formula is C39H66N2O8. The topological polar surface area (TPSA) is 143 Å². The number of aliphatic hydroxyl groups excluding tert-OH is 2. The average molecular weight is 691 g/mol. The first-order chi connectivity index (χ1) is 23.2. The van der Waals surface area contributed by atoms with Gasteiger partial charge in [0.2, 0.25) is 11.8 Å². The molecule has 0 radical (unpaired) electrons. The molecule has 49 heavy (non-hydrogen) atoms. The van der Waals surface area contributed by atoms with E-state index in [0.717, 1.165) is 76.2 Å². The van der Waals surface area contributed by atoms with Crippen LogP contribution in [0.1, 0.15) is 126 Å².